The minimum atomic E-state index is -0.540. The van der Waals surface area contributed by atoms with Crippen LogP contribution in [0.25, 0.3) is 76.5 Å². The molecule has 0 bridgehead atoms. The fraction of sp³-hybridized carbons (Fsp3) is 0.0980. The second-order valence-electron chi connectivity index (χ2n) is 15.6. The van der Waals surface area contributed by atoms with Gasteiger partial charge >= 0.3 is 0 Å². The topological polar surface area (TPSA) is 13.1 Å². The first-order valence-electron chi connectivity index (χ1n) is 18.4. The van der Waals surface area contributed by atoms with Crippen molar-refractivity contribution in [3.63, 3.8) is 0 Å². The third kappa shape index (κ3) is 3.78. The monoisotopic (exact) mass is 664 g/mol. The Morgan fingerprint density at radius 1 is 0.442 bits per heavy atom. The summed E-state index contributed by atoms with van der Waals surface area (Å²) in [4.78, 5) is 0. The number of benzene rings is 9. The van der Waals surface area contributed by atoms with E-state index in [2.05, 4.69) is 185 Å². The largest absolute Gasteiger partial charge is 0.455 e. The molecule has 0 atom stereocenters. The highest BCUT2D eigenvalue weighted by molar-refractivity contribution is 6.28. The Bertz CT molecular complexity index is 2990. The van der Waals surface area contributed by atoms with Crippen molar-refractivity contribution in [2.45, 2.75) is 31.6 Å². The molecule has 0 saturated carbocycles. The zero-order valence-corrected chi connectivity index (χ0v) is 29.5. The van der Waals surface area contributed by atoms with Crippen molar-refractivity contribution in [1.29, 1.82) is 0 Å². The predicted octanol–water partition coefficient (Wildman–Crippen LogP) is 13.8. The molecule has 1 heteroatoms. The highest BCUT2D eigenvalue weighted by Crippen LogP contribution is 2.60. The summed E-state index contributed by atoms with van der Waals surface area (Å²) in [6.07, 6.45) is 0. The standard InChI is InChI=1S/C51H36O/c1-50(2,3)41-29-25-32-23-27-36-35(26-22-31-24-28-38(41)46(32)45(31)36)40-30-43-48(49-47(40)39-19-11-13-21-44(39)52-49)37-18-10-12-20-42(37)51(43,33-14-6-4-7-15-33)34-16-8-5-9-17-34/h4-30H,1-3H3. The van der Waals surface area contributed by atoms with Crippen LogP contribution in [0.4, 0.5) is 0 Å². The molecule has 1 aliphatic carbocycles. The summed E-state index contributed by atoms with van der Waals surface area (Å²) in [6, 6.07) is 60.8. The summed E-state index contributed by atoms with van der Waals surface area (Å²) < 4.78 is 7.06. The van der Waals surface area contributed by atoms with Crippen molar-refractivity contribution in [3.8, 4) is 22.3 Å². The van der Waals surface area contributed by atoms with E-state index in [0.29, 0.717) is 0 Å². The summed E-state index contributed by atoms with van der Waals surface area (Å²) in [7, 11) is 0. The molecule has 1 nitrogen and oxygen atoms in total. The Labute approximate surface area is 303 Å². The van der Waals surface area contributed by atoms with Crippen molar-refractivity contribution < 1.29 is 4.42 Å². The lowest BCUT2D eigenvalue weighted by atomic mass is 9.67. The molecule has 1 aromatic heterocycles. The Kier molecular flexibility index (Phi) is 5.93. The smallest absolute Gasteiger partial charge is 0.144 e. The average molecular weight is 665 g/mol. The first-order chi connectivity index (χ1) is 25.4. The fourth-order valence-electron chi connectivity index (χ4n) is 9.70. The van der Waals surface area contributed by atoms with E-state index in [9.17, 15) is 0 Å². The predicted molar refractivity (Wildman–Crippen MR) is 219 cm³/mol. The molecule has 0 saturated heterocycles. The maximum atomic E-state index is 7.06. The van der Waals surface area contributed by atoms with Gasteiger partial charge in [0.05, 0.1) is 5.41 Å². The van der Waals surface area contributed by atoms with Crippen molar-refractivity contribution >= 4 is 54.3 Å². The van der Waals surface area contributed by atoms with Crippen LogP contribution in [0.3, 0.4) is 0 Å². The number of rotatable bonds is 3. The Balaban J connectivity index is 1.34. The third-order valence-electron chi connectivity index (χ3n) is 11.8. The molecular formula is C51H36O. The van der Waals surface area contributed by atoms with Gasteiger partial charge in [0, 0.05) is 16.3 Å². The summed E-state index contributed by atoms with van der Waals surface area (Å²) in [5, 5.41) is 10.2. The van der Waals surface area contributed by atoms with Crippen LogP contribution in [0, 0.1) is 0 Å². The maximum absolute atomic E-state index is 7.06. The zero-order chi connectivity index (χ0) is 34.8. The molecule has 0 fully saturated rings. The number of hydrogen-bond donors (Lipinski definition) is 0. The maximum Gasteiger partial charge on any atom is 0.144 e. The zero-order valence-electron chi connectivity index (χ0n) is 29.5. The molecule has 0 amide bonds. The molecule has 10 aromatic rings. The molecule has 1 heterocycles. The molecule has 52 heavy (non-hydrogen) atoms. The van der Waals surface area contributed by atoms with Crippen LogP contribution in [-0.2, 0) is 10.8 Å². The van der Waals surface area contributed by atoms with Crippen molar-refractivity contribution in [2.75, 3.05) is 0 Å². The minimum absolute atomic E-state index is 0.0280. The highest BCUT2D eigenvalue weighted by atomic mass is 16.3. The number of para-hydroxylation sites is 1. The SMILES string of the molecule is CC(C)(C)c1ccc2ccc3c(-c4cc5c(c6oc7ccccc7c46)-c4ccccc4C5(c4ccccc4)c4ccccc4)ccc4ccc1c2c43. The molecule has 0 spiro atoms. The molecule has 9 aromatic carbocycles. The minimum Gasteiger partial charge on any atom is -0.455 e. The van der Waals surface area contributed by atoms with Crippen LogP contribution in [-0.4, -0.2) is 0 Å². The molecule has 1 aliphatic rings. The van der Waals surface area contributed by atoms with Gasteiger partial charge in [-0.2, -0.15) is 0 Å². The second kappa shape index (κ2) is 10.4. The van der Waals surface area contributed by atoms with Gasteiger partial charge in [-0.15, -0.1) is 0 Å². The molecule has 0 aliphatic heterocycles. The number of fused-ring (bicyclic) bond motifs is 7. The van der Waals surface area contributed by atoms with Gasteiger partial charge in [-0.05, 0) is 94.4 Å². The normalized spacial score (nSPS) is 13.8. The van der Waals surface area contributed by atoms with Gasteiger partial charge in [0.15, 0.2) is 0 Å². The van der Waals surface area contributed by atoms with Gasteiger partial charge in [-0.1, -0.05) is 172 Å². The van der Waals surface area contributed by atoms with Crippen molar-refractivity contribution in [3.05, 3.63) is 192 Å². The van der Waals surface area contributed by atoms with E-state index in [-0.39, 0.29) is 5.41 Å². The first-order valence-corrected chi connectivity index (χ1v) is 18.4. The van der Waals surface area contributed by atoms with Crippen LogP contribution >= 0.6 is 0 Å². The van der Waals surface area contributed by atoms with E-state index in [4.69, 9.17) is 4.42 Å². The van der Waals surface area contributed by atoms with Crippen LogP contribution in [0.15, 0.2) is 168 Å². The Hall–Kier alpha value is -6.18. The van der Waals surface area contributed by atoms with Gasteiger partial charge < -0.3 is 4.42 Å². The van der Waals surface area contributed by atoms with Gasteiger partial charge in [0.25, 0.3) is 0 Å². The van der Waals surface area contributed by atoms with Crippen LogP contribution in [0.5, 0.6) is 0 Å². The van der Waals surface area contributed by atoms with E-state index in [0.717, 1.165) is 16.6 Å². The van der Waals surface area contributed by atoms with Crippen LogP contribution in [0.1, 0.15) is 48.6 Å². The lowest BCUT2D eigenvalue weighted by Gasteiger charge is -2.34. The fourth-order valence-corrected chi connectivity index (χ4v) is 9.70. The Morgan fingerprint density at radius 3 is 1.77 bits per heavy atom. The van der Waals surface area contributed by atoms with E-state index in [1.807, 2.05) is 0 Å². The molecule has 0 unspecified atom stereocenters. The molecule has 246 valence electrons. The first kappa shape index (κ1) is 29.5. The Morgan fingerprint density at radius 2 is 1.04 bits per heavy atom. The second-order valence-corrected chi connectivity index (χ2v) is 15.6. The number of furan rings is 1. The van der Waals surface area contributed by atoms with Crippen LogP contribution in [0.2, 0.25) is 0 Å². The van der Waals surface area contributed by atoms with Gasteiger partial charge in [0.1, 0.15) is 11.2 Å². The molecule has 0 N–H and O–H groups in total. The summed E-state index contributed by atoms with van der Waals surface area (Å²) in [5.74, 6) is 0. The molecule has 11 rings (SSSR count). The number of hydrogen-bond acceptors (Lipinski definition) is 1. The van der Waals surface area contributed by atoms with E-state index in [1.165, 1.54) is 87.8 Å². The van der Waals surface area contributed by atoms with Crippen LogP contribution < -0.4 is 0 Å². The average Bonchev–Trinajstić information content (AvgIpc) is 3.71. The van der Waals surface area contributed by atoms with Gasteiger partial charge in [-0.25, -0.2) is 0 Å². The quantitative estimate of drug-likeness (QED) is 0.171. The lowest BCUT2D eigenvalue weighted by Crippen LogP contribution is -2.28. The van der Waals surface area contributed by atoms with E-state index < -0.39 is 5.41 Å². The van der Waals surface area contributed by atoms with E-state index in [1.54, 1.807) is 0 Å². The lowest BCUT2D eigenvalue weighted by molar-refractivity contribution is 0.596. The third-order valence-corrected chi connectivity index (χ3v) is 11.8. The summed E-state index contributed by atoms with van der Waals surface area (Å²) in [6.45, 7) is 6.96. The summed E-state index contributed by atoms with van der Waals surface area (Å²) >= 11 is 0. The molecule has 0 radical (unpaired) electrons. The van der Waals surface area contributed by atoms with Crippen molar-refractivity contribution in [1.82, 2.24) is 0 Å². The van der Waals surface area contributed by atoms with Crippen molar-refractivity contribution in [2.24, 2.45) is 0 Å². The highest BCUT2D eigenvalue weighted by Gasteiger charge is 2.48. The summed E-state index contributed by atoms with van der Waals surface area (Å²) in [5.41, 5.74) is 12.6. The van der Waals surface area contributed by atoms with Gasteiger partial charge in [0.2, 0.25) is 0 Å². The van der Waals surface area contributed by atoms with E-state index >= 15 is 0 Å². The molecular weight excluding hydrogens is 629 g/mol. The van der Waals surface area contributed by atoms with Gasteiger partial charge in [-0.3, -0.25) is 0 Å².